The average molecular weight is 158 g/mol. The summed E-state index contributed by atoms with van der Waals surface area (Å²) in [7, 11) is 0. The van der Waals surface area contributed by atoms with E-state index in [1.807, 2.05) is 6.92 Å². The molecule has 11 heavy (non-hydrogen) atoms. The van der Waals surface area contributed by atoms with Gasteiger partial charge in [-0.3, -0.25) is 9.59 Å². The third-order valence-electron chi connectivity index (χ3n) is 1.29. The molecule has 0 saturated heterocycles. The molecule has 1 atom stereocenters. The monoisotopic (exact) mass is 158 g/mol. The van der Waals surface area contributed by atoms with E-state index in [1.165, 1.54) is 6.92 Å². The lowest BCUT2D eigenvalue weighted by Gasteiger charge is -2.08. The molecule has 0 aliphatic heterocycles. The van der Waals surface area contributed by atoms with Gasteiger partial charge in [-0.2, -0.15) is 0 Å². The fourth-order valence-corrected chi connectivity index (χ4v) is 0.732. The summed E-state index contributed by atoms with van der Waals surface area (Å²) in [4.78, 5) is 21.5. The maximum absolute atomic E-state index is 11.0. The number of carbonyl (C=O) groups is 2. The summed E-state index contributed by atoms with van der Waals surface area (Å²) in [5.41, 5.74) is 0. The van der Waals surface area contributed by atoms with Crippen LogP contribution in [-0.2, 0) is 14.3 Å². The molecule has 0 N–H and O–H groups in total. The normalized spacial score (nSPS) is 12.6. The molecule has 64 valence electrons. The summed E-state index contributed by atoms with van der Waals surface area (Å²) in [6.07, 6.45) is -0.454. The first-order chi connectivity index (χ1) is 5.07. The standard InChI is InChI=1S/C8H14O3/c1-4-11-7(3)8(10)5-6(2)9/h7H,4-5H2,1-3H3. The molecule has 0 saturated carbocycles. The zero-order valence-corrected chi connectivity index (χ0v) is 7.22. The third-order valence-corrected chi connectivity index (χ3v) is 1.29. The van der Waals surface area contributed by atoms with E-state index in [0.717, 1.165) is 0 Å². The molecule has 1 unspecified atom stereocenters. The van der Waals surface area contributed by atoms with Crippen LogP contribution >= 0.6 is 0 Å². The van der Waals surface area contributed by atoms with Crippen LogP contribution in [0.4, 0.5) is 0 Å². The highest BCUT2D eigenvalue weighted by Crippen LogP contribution is 1.96. The molecule has 0 aliphatic carbocycles. The SMILES string of the molecule is CCOC(C)C(=O)CC(C)=O. The van der Waals surface area contributed by atoms with Crippen LogP contribution in [0.3, 0.4) is 0 Å². The second-order valence-corrected chi connectivity index (χ2v) is 2.44. The molecule has 0 bridgehead atoms. The van der Waals surface area contributed by atoms with Gasteiger partial charge in [-0.15, -0.1) is 0 Å². The van der Waals surface area contributed by atoms with Crippen molar-refractivity contribution in [3.63, 3.8) is 0 Å². The second kappa shape index (κ2) is 5.02. The van der Waals surface area contributed by atoms with Crippen LogP contribution in [0.5, 0.6) is 0 Å². The van der Waals surface area contributed by atoms with Gasteiger partial charge in [0.1, 0.15) is 11.9 Å². The Balaban J connectivity index is 3.73. The van der Waals surface area contributed by atoms with Gasteiger partial charge in [-0.05, 0) is 20.8 Å². The van der Waals surface area contributed by atoms with Crippen LogP contribution in [-0.4, -0.2) is 24.3 Å². The lowest BCUT2D eigenvalue weighted by molar-refractivity contribution is -0.133. The topological polar surface area (TPSA) is 43.4 Å². The molecule has 0 aromatic carbocycles. The van der Waals surface area contributed by atoms with Crippen molar-refractivity contribution in [1.82, 2.24) is 0 Å². The molecule has 0 amide bonds. The Kier molecular flexibility index (Phi) is 4.70. The number of ketones is 2. The Bertz CT molecular complexity index is 151. The van der Waals surface area contributed by atoms with Crippen LogP contribution in [0.15, 0.2) is 0 Å². The van der Waals surface area contributed by atoms with E-state index in [2.05, 4.69) is 0 Å². The van der Waals surface area contributed by atoms with Gasteiger partial charge in [0.05, 0.1) is 6.42 Å². The highest BCUT2D eigenvalue weighted by molar-refractivity contribution is 5.99. The molecule has 0 rings (SSSR count). The van der Waals surface area contributed by atoms with Gasteiger partial charge in [0, 0.05) is 6.61 Å². The van der Waals surface area contributed by atoms with E-state index in [-0.39, 0.29) is 18.0 Å². The summed E-state index contributed by atoms with van der Waals surface area (Å²) in [6.45, 7) is 5.38. The predicted octanol–water partition coefficient (Wildman–Crippen LogP) is 0.960. The van der Waals surface area contributed by atoms with Crippen molar-refractivity contribution < 1.29 is 14.3 Å². The maximum Gasteiger partial charge on any atom is 0.168 e. The van der Waals surface area contributed by atoms with Crippen LogP contribution in [0.1, 0.15) is 27.2 Å². The van der Waals surface area contributed by atoms with E-state index in [9.17, 15) is 9.59 Å². The van der Waals surface area contributed by atoms with Gasteiger partial charge in [0.15, 0.2) is 5.78 Å². The largest absolute Gasteiger partial charge is 0.371 e. The first-order valence-electron chi connectivity index (χ1n) is 3.71. The summed E-state index contributed by atoms with van der Waals surface area (Å²) in [5.74, 6) is -0.249. The number of hydrogen-bond donors (Lipinski definition) is 0. The summed E-state index contributed by atoms with van der Waals surface area (Å²) < 4.78 is 5.00. The molecular weight excluding hydrogens is 144 g/mol. The fourth-order valence-electron chi connectivity index (χ4n) is 0.732. The van der Waals surface area contributed by atoms with Gasteiger partial charge >= 0.3 is 0 Å². The predicted molar refractivity (Wildman–Crippen MR) is 41.4 cm³/mol. The lowest BCUT2D eigenvalue weighted by Crippen LogP contribution is -2.22. The molecule has 3 nitrogen and oxygen atoms in total. The first-order valence-corrected chi connectivity index (χ1v) is 3.71. The fraction of sp³-hybridized carbons (Fsp3) is 0.750. The molecule has 0 radical (unpaired) electrons. The van der Waals surface area contributed by atoms with Crippen molar-refractivity contribution in [3.05, 3.63) is 0 Å². The van der Waals surface area contributed by atoms with Crippen LogP contribution in [0, 0.1) is 0 Å². The Hall–Kier alpha value is -0.700. The van der Waals surface area contributed by atoms with E-state index in [1.54, 1.807) is 6.92 Å². The summed E-state index contributed by atoms with van der Waals surface area (Å²) in [5, 5.41) is 0. The maximum atomic E-state index is 11.0. The van der Waals surface area contributed by atoms with E-state index in [0.29, 0.717) is 6.61 Å². The number of rotatable bonds is 5. The Labute approximate surface area is 66.7 Å². The molecule has 0 spiro atoms. The Morgan fingerprint density at radius 2 is 2.00 bits per heavy atom. The minimum Gasteiger partial charge on any atom is -0.371 e. The zero-order valence-electron chi connectivity index (χ0n) is 7.22. The van der Waals surface area contributed by atoms with Crippen molar-refractivity contribution in [2.75, 3.05) is 6.61 Å². The van der Waals surface area contributed by atoms with Crippen LogP contribution in [0.25, 0.3) is 0 Å². The Morgan fingerprint density at radius 3 is 2.36 bits per heavy atom. The highest BCUT2D eigenvalue weighted by Gasteiger charge is 2.13. The van der Waals surface area contributed by atoms with Crippen molar-refractivity contribution >= 4 is 11.6 Å². The van der Waals surface area contributed by atoms with E-state index in [4.69, 9.17) is 4.74 Å². The number of ether oxygens (including phenoxy) is 1. The summed E-state index contributed by atoms with van der Waals surface area (Å²) >= 11 is 0. The first kappa shape index (κ1) is 10.3. The van der Waals surface area contributed by atoms with Crippen LogP contribution in [0.2, 0.25) is 0 Å². The lowest BCUT2D eigenvalue weighted by atomic mass is 10.1. The molecule has 0 aromatic rings. The molecule has 0 aliphatic rings. The van der Waals surface area contributed by atoms with E-state index < -0.39 is 6.10 Å². The van der Waals surface area contributed by atoms with Crippen molar-refractivity contribution in [3.8, 4) is 0 Å². The van der Waals surface area contributed by atoms with Gasteiger partial charge in [0.2, 0.25) is 0 Å². The van der Waals surface area contributed by atoms with Crippen molar-refractivity contribution in [1.29, 1.82) is 0 Å². The van der Waals surface area contributed by atoms with Gasteiger partial charge in [-0.1, -0.05) is 0 Å². The number of hydrogen-bond acceptors (Lipinski definition) is 3. The van der Waals surface area contributed by atoms with Crippen molar-refractivity contribution in [2.24, 2.45) is 0 Å². The quantitative estimate of drug-likeness (QED) is 0.560. The Morgan fingerprint density at radius 1 is 1.45 bits per heavy atom. The molecule has 0 heterocycles. The third kappa shape index (κ3) is 4.67. The van der Waals surface area contributed by atoms with Gasteiger partial charge in [-0.25, -0.2) is 0 Å². The molecule has 3 heteroatoms. The number of carbonyl (C=O) groups excluding carboxylic acids is 2. The van der Waals surface area contributed by atoms with Gasteiger partial charge < -0.3 is 4.74 Å². The smallest absolute Gasteiger partial charge is 0.168 e. The second-order valence-electron chi connectivity index (χ2n) is 2.44. The van der Waals surface area contributed by atoms with E-state index >= 15 is 0 Å². The minimum atomic E-state index is -0.441. The molecule has 0 aromatic heterocycles. The van der Waals surface area contributed by atoms with Gasteiger partial charge in [0.25, 0.3) is 0 Å². The molecule has 0 fully saturated rings. The number of Topliss-reactive ketones (excluding diaryl/α,β-unsaturated/α-hetero) is 2. The molecular formula is C8H14O3. The minimum absolute atomic E-state index is 0.0127. The zero-order chi connectivity index (χ0) is 8.85. The average Bonchev–Trinajstić information content (AvgIpc) is 1.86. The summed E-state index contributed by atoms with van der Waals surface area (Å²) in [6, 6.07) is 0. The highest BCUT2D eigenvalue weighted by atomic mass is 16.5. The van der Waals surface area contributed by atoms with Crippen molar-refractivity contribution in [2.45, 2.75) is 33.3 Å². The van der Waals surface area contributed by atoms with Crippen LogP contribution < -0.4 is 0 Å².